The van der Waals surface area contributed by atoms with Crippen LogP contribution in [0, 0.1) is 5.82 Å². The van der Waals surface area contributed by atoms with E-state index in [1.165, 1.54) is 18.2 Å². The first kappa shape index (κ1) is 15.1. The van der Waals surface area contributed by atoms with Gasteiger partial charge in [-0.05, 0) is 42.5 Å². The Labute approximate surface area is 140 Å². The lowest BCUT2D eigenvalue weighted by molar-refractivity contribution is 0.415. The van der Waals surface area contributed by atoms with Crippen LogP contribution in [0.5, 0.6) is 5.75 Å². The number of rotatable bonds is 3. The van der Waals surface area contributed by atoms with E-state index in [4.69, 9.17) is 13.6 Å². The molecule has 0 N–H and O–H groups in total. The van der Waals surface area contributed by atoms with Crippen molar-refractivity contribution in [2.45, 2.75) is 0 Å². The standard InChI is InChI=1S/C18H11FN2O4/c1-23-13-5-6-14-11(8-13)9-15(24-14)17-21-18(22)20-16(25-17)10-3-2-4-12(19)7-10/h2-9H,1H3. The number of furan rings is 1. The van der Waals surface area contributed by atoms with Crippen LogP contribution in [-0.2, 0) is 0 Å². The van der Waals surface area contributed by atoms with Crippen molar-refractivity contribution in [3.63, 3.8) is 0 Å². The van der Waals surface area contributed by atoms with Crippen LogP contribution in [0.25, 0.3) is 34.1 Å². The minimum absolute atomic E-state index is 0.0329. The van der Waals surface area contributed by atoms with Gasteiger partial charge in [0.2, 0.25) is 5.89 Å². The quantitative estimate of drug-likeness (QED) is 0.567. The minimum atomic E-state index is -0.751. The van der Waals surface area contributed by atoms with E-state index < -0.39 is 11.5 Å². The lowest BCUT2D eigenvalue weighted by atomic mass is 10.2. The van der Waals surface area contributed by atoms with Gasteiger partial charge in [-0.1, -0.05) is 6.07 Å². The Morgan fingerprint density at radius 2 is 1.84 bits per heavy atom. The van der Waals surface area contributed by atoms with Gasteiger partial charge in [-0.2, -0.15) is 9.97 Å². The Morgan fingerprint density at radius 3 is 2.64 bits per heavy atom. The number of aromatic nitrogens is 2. The average molecular weight is 338 g/mol. The maximum absolute atomic E-state index is 13.4. The van der Waals surface area contributed by atoms with E-state index in [1.807, 2.05) is 0 Å². The summed E-state index contributed by atoms with van der Waals surface area (Å²) in [5.74, 6) is 0.406. The van der Waals surface area contributed by atoms with Gasteiger partial charge >= 0.3 is 5.69 Å². The molecule has 0 aliphatic carbocycles. The molecule has 0 saturated heterocycles. The fraction of sp³-hybridized carbons (Fsp3) is 0.0556. The number of fused-ring (bicyclic) bond motifs is 1. The van der Waals surface area contributed by atoms with Crippen LogP contribution in [-0.4, -0.2) is 17.1 Å². The van der Waals surface area contributed by atoms with E-state index in [0.29, 0.717) is 16.9 Å². The van der Waals surface area contributed by atoms with Crippen molar-refractivity contribution < 1.29 is 18.0 Å². The highest BCUT2D eigenvalue weighted by molar-refractivity contribution is 5.82. The Hall–Kier alpha value is -3.48. The fourth-order valence-corrected chi connectivity index (χ4v) is 2.44. The van der Waals surface area contributed by atoms with E-state index in [2.05, 4.69) is 9.97 Å². The van der Waals surface area contributed by atoms with Crippen molar-refractivity contribution in [1.82, 2.24) is 9.97 Å². The molecule has 25 heavy (non-hydrogen) atoms. The third-order valence-corrected chi connectivity index (χ3v) is 3.59. The van der Waals surface area contributed by atoms with Crippen LogP contribution >= 0.6 is 0 Å². The van der Waals surface area contributed by atoms with Crippen molar-refractivity contribution in [3.8, 4) is 28.9 Å². The topological polar surface area (TPSA) is 78.4 Å². The van der Waals surface area contributed by atoms with Crippen molar-refractivity contribution in [2.75, 3.05) is 7.11 Å². The van der Waals surface area contributed by atoms with Gasteiger partial charge in [0.1, 0.15) is 17.1 Å². The Kier molecular flexibility index (Phi) is 3.53. The molecule has 124 valence electrons. The molecule has 2 aromatic carbocycles. The zero-order valence-corrected chi connectivity index (χ0v) is 13.0. The molecule has 0 aliphatic heterocycles. The van der Waals surface area contributed by atoms with Crippen LogP contribution < -0.4 is 10.4 Å². The first-order chi connectivity index (χ1) is 12.1. The minimum Gasteiger partial charge on any atom is -0.497 e. The smallest absolute Gasteiger partial charge is 0.373 e. The maximum atomic E-state index is 13.4. The number of ether oxygens (including phenoxy) is 1. The molecule has 2 heterocycles. The van der Waals surface area contributed by atoms with E-state index in [-0.39, 0.29) is 17.5 Å². The largest absolute Gasteiger partial charge is 0.497 e. The van der Waals surface area contributed by atoms with Gasteiger partial charge in [0.05, 0.1) is 7.11 Å². The first-order valence-electron chi connectivity index (χ1n) is 7.35. The van der Waals surface area contributed by atoms with Crippen LogP contribution in [0.3, 0.4) is 0 Å². The predicted octanol–water partition coefficient (Wildman–Crippen LogP) is 3.66. The molecule has 0 unspecified atom stereocenters. The van der Waals surface area contributed by atoms with Gasteiger partial charge in [-0.25, -0.2) is 9.18 Å². The second kappa shape index (κ2) is 5.86. The Balaban J connectivity index is 1.84. The summed E-state index contributed by atoms with van der Waals surface area (Å²) >= 11 is 0. The second-order valence-corrected chi connectivity index (χ2v) is 5.24. The Morgan fingerprint density at radius 1 is 1.00 bits per heavy atom. The molecule has 6 nitrogen and oxygen atoms in total. The van der Waals surface area contributed by atoms with Crippen LogP contribution in [0.15, 0.2) is 62.2 Å². The molecular weight excluding hydrogens is 327 g/mol. The highest BCUT2D eigenvalue weighted by Gasteiger charge is 2.15. The van der Waals surface area contributed by atoms with Crippen molar-refractivity contribution in [3.05, 3.63) is 64.8 Å². The summed E-state index contributed by atoms with van der Waals surface area (Å²) in [4.78, 5) is 19.2. The number of benzene rings is 2. The molecule has 4 rings (SSSR count). The molecule has 2 aromatic heterocycles. The van der Waals surface area contributed by atoms with E-state index in [0.717, 1.165) is 5.39 Å². The third kappa shape index (κ3) is 2.87. The molecule has 0 spiro atoms. The molecule has 0 saturated carbocycles. The number of nitrogens with zero attached hydrogens (tertiary/aromatic N) is 2. The number of hydrogen-bond acceptors (Lipinski definition) is 6. The number of methoxy groups -OCH3 is 1. The molecule has 7 heteroatoms. The van der Waals surface area contributed by atoms with Gasteiger partial charge in [0, 0.05) is 10.9 Å². The van der Waals surface area contributed by atoms with E-state index >= 15 is 0 Å². The van der Waals surface area contributed by atoms with Crippen LogP contribution in [0.4, 0.5) is 4.39 Å². The number of halogens is 1. The normalized spacial score (nSPS) is 11.0. The highest BCUT2D eigenvalue weighted by atomic mass is 19.1. The second-order valence-electron chi connectivity index (χ2n) is 5.24. The molecule has 0 bridgehead atoms. The zero-order valence-electron chi connectivity index (χ0n) is 13.0. The third-order valence-electron chi connectivity index (χ3n) is 3.59. The summed E-state index contributed by atoms with van der Waals surface area (Å²) in [6.07, 6.45) is 0. The lowest BCUT2D eigenvalue weighted by Crippen LogP contribution is -2.11. The summed E-state index contributed by atoms with van der Waals surface area (Å²) in [7, 11) is 1.57. The summed E-state index contributed by atoms with van der Waals surface area (Å²) in [5, 5.41) is 0.767. The van der Waals surface area contributed by atoms with Gasteiger partial charge in [0.25, 0.3) is 5.89 Å². The molecule has 4 aromatic rings. The molecule has 0 atom stereocenters. The van der Waals surface area contributed by atoms with E-state index in [1.54, 1.807) is 37.4 Å². The fourth-order valence-electron chi connectivity index (χ4n) is 2.44. The van der Waals surface area contributed by atoms with E-state index in [9.17, 15) is 9.18 Å². The average Bonchev–Trinajstić information content (AvgIpc) is 3.04. The van der Waals surface area contributed by atoms with Gasteiger partial charge in [0.15, 0.2) is 5.76 Å². The van der Waals surface area contributed by atoms with Crippen molar-refractivity contribution >= 4 is 11.0 Å². The first-order valence-corrected chi connectivity index (χ1v) is 7.35. The van der Waals surface area contributed by atoms with Gasteiger partial charge < -0.3 is 13.6 Å². The summed E-state index contributed by atoms with van der Waals surface area (Å²) < 4.78 is 29.8. The summed E-state index contributed by atoms with van der Waals surface area (Å²) in [5.41, 5.74) is 0.168. The van der Waals surface area contributed by atoms with Crippen molar-refractivity contribution in [2.24, 2.45) is 0 Å². The lowest BCUT2D eigenvalue weighted by Gasteiger charge is -2.00. The number of hydrogen-bond donors (Lipinski definition) is 0. The van der Waals surface area contributed by atoms with Gasteiger partial charge in [-0.3, -0.25) is 0 Å². The molecular formula is C18H11FN2O4. The highest BCUT2D eigenvalue weighted by Crippen LogP contribution is 2.30. The SMILES string of the molecule is COc1ccc2oc(-c3nc(=O)nc(-c4cccc(F)c4)o3)cc2c1. The van der Waals surface area contributed by atoms with Crippen LogP contribution in [0.2, 0.25) is 0 Å². The Bertz CT molecular complexity index is 1130. The molecule has 0 amide bonds. The monoisotopic (exact) mass is 338 g/mol. The van der Waals surface area contributed by atoms with Crippen LogP contribution in [0.1, 0.15) is 0 Å². The maximum Gasteiger partial charge on any atom is 0.373 e. The zero-order chi connectivity index (χ0) is 17.4. The molecule has 0 aliphatic rings. The molecule has 0 fully saturated rings. The van der Waals surface area contributed by atoms with Crippen molar-refractivity contribution in [1.29, 1.82) is 0 Å². The molecule has 0 radical (unpaired) electrons. The predicted molar refractivity (Wildman–Crippen MR) is 87.7 cm³/mol. The van der Waals surface area contributed by atoms with Gasteiger partial charge in [-0.15, -0.1) is 0 Å². The summed E-state index contributed by atoms with van der Waals surface area (Å²) in [6, 6.07) is 12.6. The summed E-state index contributed by atoms with van der Waals surface area (Å²) in [6.45, 7) is 0.